The van der Waals surface area contributed by atoms with Crippen LogP contribution in [0.3, 0.4) is 0 Å². The Kier molecular flexibility index (Phi) is 4.46. The van der Waals surface area contributed by atoms with Gasteiger partial charge in [0, 0.05) is 25.7 Å². The lowest BCUT2D eigenvalue weighted by molar-refractivity contribution is 0.309. The van der Waals surface area contributed by atoms with Gasteiger partial charge in [0.1, 0.15) is 5.82 Å². The molecule has 1 aromatic carbocycles. The highest BCUT2D eigenvalue weighted by Gasteiger charge is 2.26. The van der Waals surface area contributed by atoms with Gasteiger partial charge in [0.2, 0.25) is 5.95 Å². The second-order valence-electron chi connectivity index (χ2n) is 7.22. The summed E-state index contributed by atoms with van der Waals surface area (Å²) in [4.78, 5) is 9.29. The van der Waals surface area contributed by atoms with Gasteiger partial charge < -0.3 is 16.4 Å². The predicted molar refractivity (Wildman–Crippen MR) is 104 cm³/mol. The summed E-state index contributed by atoms with van der Waals surface area (Å²) in [5, 5.41) is 12.1. The van der Waals surface area contributed by atoms with Gasteiger partial charge in [-0.15, -0.1) is 0 Å². The van der Waals surface area contributed by atoms with E-state index in [4.69, 9.17) is 5.73 Å². The van der Waals surface area contributed by atoms with Crippen molar-refractivity contribution < 1.29 is 0 Å². The molecule has 7 nitrogen and oxygen atoms in total. The number of nitrogens with two attached hydrogens (primary N) is 1. The van der Waals surface area contributed by atoms with Crippen LogP contribution in [0.5, 0.6) is 0 Å². The minimum absolute atomic E-state index is 0.120. The van der Waals surface area contributed by atoms with Gasteiger partial charge in [-0.1, -0.05) is 37.3 Å². The molecule has 4 rings (SSSR count). The number of hydrogen-bond acceptors (Lipinski definition) is 6. The van der Waals surface area contributed by atoms with Crippen LogP contribution in [-0.2, 0) is 7.05 Å². The van der Waals surface area contributed by atoms with Crippen LogP contribution < -0.4 is 16.4 Å². The maximum atomic E-state index is 6.28. The first kappa shape index (κ1) is 16.8. The van der Waals surface area contributed by atoms with Crippen LogP contribution in [0.4, 0.5) is 11.8 Å². The number of aryl methyl sites for hydroxylation is 1. The van der Waals surface area contributed by atoms with Crippen LogP contribution in [0.15, 0.2) is 36.5 Å². The van der Waals surface area contributed by atoms with Gasteiger partial charge in [-0.05, 0) is 24.3 Å². The third-order valence-corrected chi connectivity index (χ3v) is 5.01. The fourth-order valence-electron chi connectivity index (χ4n) is 3.44. The monoisotopic (exact) mass is 351 g/mol. The van der Waals surface area contributed by atoms with Gasteiger partial charge in [0.25, 0.3) is 0 Å². The summed E-state index contributed by atoms with van der Waals surface area (Å²) in [6, 6.07) is 10.4. The van der Waals surface area contributed by atoms with Gasteiger partial charge in [-0.2, -0.15) is 15.1 Å². The first-order valence-corrected chi connectivity index (χ1v) is 9.11. The molecular formula is C19H25N7. The van der Waals surface area contributed by atoms with E-state index in [1.54, 1.807) is 4.68 Å². The largest absolute Gasteiger partial charge is 0.367 e. The van der Waals surface area contributed by atoms with Crippen molar-refractivity contribution in [3.8, 4) is 0 Å². The van der Waals surface area contributed by atoms with E-state index in [-0.39, 0.29) is 6.04 Å². The summed E-state index contributed by atoms with van der Waals surface area (Å²) in [6.45, 7) is 2.84. The molecule has 0 aliphatic heterocycles. The quantitative estimate of drug-likeness (QED) is 0.632. The van der Waals surface area contributed by atoms with Crippen molar-refractivity contribution in [2.24, 2.45) is 18.7 Å². The molecule has 0 radical (unpaired) electrons. The topological polar surface area (TPSA) is 93.7 Å². The minimum atomic E-state index is -0.120. The maximum absolute atomic E-state index is 6.28. The lowest BCUT2D eigenvalue weighted by Gasteiger charge is -2.33. The Labute approximate surface area is 153 Å². The Hall–Kier alpha value is -2.67. The van der Waals surface area contributed by atoms with Crippen molar-refractivity contribution >= 4 is 22.8 Å². The Bertz CT molecular complexity index is 884. The van der Waals surface area contributed by atoms with Crippen LogP contribution in [-0.4, -0.2) is 32.3 Å². The summed E-state index contributed by atoms with van der Waals surface area (Å²) in [5.74, 6) is 2.19. The first-order chi connectivity index (χ1) is 12.6. The molecule has 0 spiro atoms. The summed E-state index contributed by atoms with van der Waals surface area (Å²) in [6.07, 6.45) is 4.17. The Morgan fingerprint density at radius 1 is 1.23 bits per heavy atom. The van der Waals surface area contributed by atoms with E-state index in [0.29, 0.717) is 18.5 Å². The molecule has 2 aromatic heterocycles. The Balaban J connectivity index is 1.53. The van der Waals surface area contributed by atoms with Crippen molar-refractivity contribution in [3.63, 3.8) is 0 Å². The third kappa shape index (κ3) is 3.35. The Morgan fingerprint density at radius 3 is 2.73 bits per heavy atom. The van der Waals surface area contributed by atoms with E-state index >= 15 is 0 Å². The molecule has 7 heteroatoms. The molecule has 136 valence electrons. The van der Waals surface area contributed by atoms with Gasteiger partial charge >= 0.3 is 0 Å². The van der Waals surface area contributed by atoms with E-state index in [9.17, 15) is 0 Å². The zero-order chi connectivity index (χ0) is 18.1. The molecule has 3 aromatic rings. The fraction of sp³-hybridized carbons (Fsp3) is 0.421. The van der Waals surface area contributed by atoms with Crippen LogP contribution in [0, 0.1) is 5.92 Å². The van der Waals surface area contributed by atoms with Gasteiger partial charge in [-0.25, -0.2) is 0 Å². The van der Waals surface area contributed by atoms with Gasteiger partial charge in [0.15, 0.2) is 5.65 Å². The van der Waals surface area contributed by atoms with Crippen LogP contribution in [0.25, 0.3) is 11.0 Å². The lowest BCUT2D eigenvalue weighted by atomic mass is 9.82. The molecule has 0 saturated heterocycles. The van der Waals surface area contributed by atoms with Crippen molar-refractivity contribution in [2.75, 3.05) is 17.2 Å². The molecule has 1 atom stereocenters. The average molecular weight is 351 g/mol. The van der Waals surface area contributed by atoms with E-state index in [2.05, 4.69) is 32.6 Å². The Morgan fingerprint density at radius 2 is 2.00 bits per heavy atom. The number of fused-ring (bicyclic) bond motifs is 1. The highest BCUT2D eigenvalue weighted by atomic mass is 15.3. The highest BCUT2D eigenvalue weighted by Crippen LogP contribution is 2.31. The number of anilines is 2. The van der Waals surface area contributed by atoms with Gasteiger partial charge in [-0.3, -0.25) is 4.68 Å². The standard InChI is InChI=1S/C19H25N7/c1-12-8-14(9-12)23-17-15-10-22-26(2)18(15)25-19(24-17)21-11-16(20)13-6-4-3-5-7-13/h3-7,10,12,14,16H,8-9,11,20H2,1-2H3,(H2,21,23,24,25)/t12?,14?,16-/m0/s1. The average Bonchev–Trinajstić information content (AvgIpc) is 3.00. The second-order valence-corrected chi connectivity index (χ2v) is 7.22. The molecule has 0 amide bonds. The first-order valence-electron chi connectivity index (χ1n) is 9.11. The number of hydrogen-bond donors (Lipinski definition) is 3. The molecule has 0 unspecified atom stereocenters. The summed E-state index contributed by atoms with van der Waals surface area (Å²) in [7, 11) is 1.89. The van der Waals surface area contributed by atoms with Crippen molar-refractivity contribution in [1.29, 1.82) is 0 Å². The molecular weight excluding hydrogens is 326 g/mol. The van der Waals surface area contributed by atoms with Crippen molar-refractivity contribution in [2.45, 2.75) is 31.8 Å². The number of nitrogens with zero attached hydrogens (tertiary/aromatic N) is 4. The summed E-state index contributed by atoms with van der Waals surface area (Å²) in [5.41, 5.74) is 8.18. The van der Waals surface area contributed by atoms with E-state index in [1.165, 1.54) is 12.8 Å². The molecule has 1 aliphatic rings. The number of rotatable bonds is 6. The second kappa shape index (κ2) is 6.92. The maximum Gasteiger partial charge on any atom is 0.226 e. The molecule has 4 N–H and O–H groups in total. The number of benzene rings is 1. The molecule has 1 aliphatic carbocycles. The zero-order valence-electron chi connectivity index (χ0n) is 15.2. The van der Waals surface area contributed by atoms with Crippen LogP contribution >= 0.6 is 0 Å². The van der Waals surface area contributed by atoms with E-state index in [1.807, 2.05) is 43.6 Å². The van der Waals surface area contributed by atoms with Gasteiger partial charge in [0.05, 0.1) is 11.6 Å². The highest BCUT2D eigenvalue weighted by molar-refractivity contribution is 5.87. The van der Waals surface area contributed by atoms with E-state index < -0.39 is 0 Å². The summed E-state index contributed by atoms with van der Waals surface area (Å²) < 4.78 is 1.77. The molecule has 1 saturated carbocycles. The molecule has 2 heterocycles. The summed E-state index contributed by atoms with van der Waals surface area (Å²) >= 11 is 0. The van der Waals surface area contributed by atoms with Crippen LogP contribution in [0.1, 0.15) is 31.4 Å². The number of aromatic nitrogens is 4. The lowest BCUT2D eigenvalue weighted by Crippen LogP contribution is -2.34. The zero-order valence-corrected chi connectivity index (χ0v) is 15.2. The SMILES string of the molecule is CC1CC(Nc2nc(NC[C@H](N)c3ccccc3)nc3c2cnn3C)C1. The molecule has 1 fully saturated rings. The van der Waals surface area contributed by atoms with E-state index in [0.717, 1.165) is 28.3 Å². The smallest absolute Gasteiger partial charge is 0.226 e. The predicted octanol–water partition coefficient (Wildman–Crippen LogP) is 2.69. The number of nitrogens with one attached hydrogen (secondary N) is 2. The molecule has 0 bridgehead atoms. The fourth-order valence-corrected chi connectivity index (χ4v) is 3.44. The van der Waals surface area contributed by atoms with Crippen molar-refractivity contribution in [3.05, 3.63) is 42.1 Å². The van der Waals surface area contributed by atoms with Crippen LogP contribution in [0.2, 0.25) is 0 Å². The normalized spacial score (nSPS) is 20.6. The van der Waals surface area contributed by atoms with Crippen molar-refractivity contribution in [1.82, 2.24) is 19.7 Å². The minimum Gasteiger partial charge on any atom is -0.367 e. The molecule has 26 heavy (non-hydrogen) atoms. The third-order valence-electron chi connectivity index (χ3n) is 5.01.